The Balaban J connectivity index is 2.19. The average Bonchev–Trinajstić information content (AvgIpc) is 2.42. The highest BCUT2D eigenvalue weighted by Gasteiger charge is 2.07. The predicted octanol–water partition coefficient (Wildman–Crippen LogP) is 1.87. The minimum atomic E-state index is -0.758. The van der Waals surface area contributed by atoms with Crippen LogP contribution in [0.4, 0.5) is 8.78 Å². The van der Waals surface area contributed by atoms with E-state index in [1.807, 2.05) is 6.92 Å². The number of hydrogen-bond acceptors (Lipinski definition) is 3. The van der Waals surface area contributed by atoms with Gasteiger partial charge >= 0.3 is 0 Å². The first-order chi connectivity index (χ1) is 9.52. The number of rotatable bonds is 8. The van der Waals surface area contributed by atoms with Crippen molar-refractivity contribution < 1.29 is 23.4 Å². The van der Waals surface area contributed by atoms with Crippen LogP contribution in [0.2, 0.25) is 0 Å². The third-order valence-corrected chi connectivity index (χ3v) is 2.66. The summed E-state index contributed by atoms with van der Waals surface area (Å²) in [5.74, 6) is -1.57. The van der Waals surface area contributed by atoms with Crippen LogP contribution >= 0.6 is 0 Å². The Morgan fingerprint density at radius 1 is 1.45 bits per heavy atom. The minimum Gasteiger partial charge on any atom is -0.491 e. The molecule has 112 valence electrons. The highest BCUT2D eigenvalue weighted by molar-refractivity contribution is 5.75. The third kappa shape index (κ3) is 5.97. The summed E-state index contributed by atoms with van der Waals surface area (Å²) in [6, 6.07) is 3.08. The second-order valence-corrected chi connectivity index (χ2v) is 4.62. The zero-order valence-electron chi connectivity index (χ0n) is 11.4. The van der Waals surface area contributed by atoms with Gasteiger partial charge < -0.3 is 15.2 Å². The van der Waals surface area contributed by atoms with E-state index in [1.54, 1.807) is 0 Å². The first-order valence-electron chi connectivity index (χ1n) is 6.48. The fourth-order valence-electron chi connectivity index (χ4n) is 1.45. The van der Waals surface area contributed by atoms with E-state index < -0.39 is 11.6 Å². The summed E-state index contributed by atoms with van der Waals surface area (Å²) in [6.07, 6.45) is 0.678. The van der Waals surface area contributed by atoms with Crippen molar-refractivity contribution in [2.75, 3.05) is 19.8 Å². The second kappa shape index (κ2) is 8.47. The molecule has 1 aromatic rings. The summed E-state index contributed by atoms with van der Waals surface area (Å²) in [5, 5.41) is 11.5. The van der Waals surface area contributed by atoms with E-state index >= 15 is 0 Å². The van der Waals surface area contributed by atoms with Gasteiger partial charge in [0.25, 0.3) is 0 Å². The molecule has 0 aliphatic rings. The Labute approximate surface area is 116 Å². The van der Waals surface area contributed by atoms with Gasteiger partial charge in [-0.2, -0.15) is 0 Å². The largest absolute Gasteiger partial charge is 0.491 e. The Hall–Kier alpha value is -1.69. The van der Waals surface area contributed by atoms with Gasteiger partial charge in [-0.3, -0.25) is 4.79 Å². The quantitative estimate of drug-likeness (QED) is 0.718. The molecule has 0 bridgehead atoms. The molecule has 6 heteroatoms. The Morgan fingerprint density at radius 3 is 2.85 bits per heavy atom. The fraction of sp³-hybridized carbons (Fsp3) is 0.500. The van der Waals surface area contributed by atoms with E-state index in [2.05, 4.69) is 5.32 Å². The van der Waals surface area contributed by atoms with E-state index in [-0.39, 0.29) is 37.2 Å². The topological polar surface area (TPSA) is 58.6 Å². The van der Waals surface area contributed by atoms with Gasteiger partial charge in [0.05, 0.1) is 6.61 Å². The average molecular weight is 287 g/mol. The first kappa shape index (κ1) is 16.4. The molecule has 0 spiro atoms. The number of hydrogen-bond donors (Lipinski definition) is 2. The molecule has 0 aliphatic carbocycles. The number of halogens is 2. The van der Waals surface area contributed by atoms with E-state index in [1.165, 1.54) is 6.07 Å². The van der Waals surface area contributed by atoms with Gasteiger partial charge in [-0.15, -0.1) is 0 Å². The molecular formula is C14H19F2NO3. The molecule has 0 heterocycles. The first-order valence-corrected chi connectivity index (χ1v) is 6.48. The van der Waals surface area contributed by atoms with E-state index in [0.29, 0.717) is 13.0 Å². The highest BCUT2D eigenvalue weighted by atomic mass is 19.1. The Morgan fingerprint density at radius 2 is 2.20 bits per heavy atom. The molecule has 0 saturated carbocycles. The Bertz CT molecular complexity index is 440. The molecule has 4 nitrogen and oxygen atoms in total. The SMILES string of the molecule is CC(CO)CNC(=O)CCCOc1ccc(F)cc1F. The highest BCUT2D eigenvalue weighted by Crippen LogP contribution is 2.17. The summed E-state index contributed by atoms with van der Waals surface area (Å²) in [7, 11) is 0. The molecule has 1 atom stereocenters. The lowest BCUT2D eigenvalue weighted by molar-refractivity contribution is -0.121. The maximum Gasteiger partial charge on any atom is 0.220 e. The smallest absolute Gasteiger partial charge is 0.220 e. The molecule has 0 radical (unpaired) electrons. The van der Waals surface area contributed by atoms with Crippen LogP contribution in [0.25, 0.3) is 0 Å². The predicted molar refractivity (Wildman–Crippen MR) is 70.3 cm³/mol. The monoisotopic (exact) mass is 287 g/mol. The second-order valence-electron chi connectivity index (χ2n) is 4.62. The molecule has 0 aliphatic heterocycles. The summed E-state index contributed by atoms with van der Waals surface area (Å²) in [5.41, 5.74) is 0. The number of amides is 1. The van der Waals surface area contributed by atoms with Gasteiger partial charge in [-0.1, -0.05) is 6.92 Å². The standard InChI is InChI=1S/C14H19F2NO3/c1-10(9-18)8-17-14(19)3-2-6-20-13-5-4-11(15)7-12(13)16/h4-5,7,10,18H,2-3,6,8-9H2,1H3,(H,17,19). The van der Waals surface area contributed by atoms with E-state index in [9.17, 15) is 13.6 Å². The van der Waals surface area contributed by atoms with Crippen LogP contribution in [-0.2, 0) is 4.79 Å². The number of nitrogens with one attached hydrogen (secondary N) is 1. The maximum atomic E-state index is 13.2. The molecular weight excluding hydrogens is 268 g/mol. The number of carbonyl (C=O) groups is 1. The molecule has 1 rings (SSSR count). The van der Waals surface area contributed by atoms with Crippen LogP contribution in [0.3, 0.4) is 0 Å². The number of aliphatic hydroxyl groups is 1. The van der Waals surface area contributed by atoms with Gasteiger partial charge in [-0.05, 0) is 24.5 Å². The zero-order chi connectivity index (χ0) is 15.0. The molecule has 0 fully saturated rings. The minimum absolute atomic E-state index is 0.0171. The van der Waals surface area contributed by atoms with Crippen molar-refractivity contribution in [1.29, 1.82) is 0 Å². The molecule has 2 N–H and O–H groups in total. The lowest BCUT2D eigenvalue weighted by Gasteiger charge is -2.10. The summed E-state index contributed by atoms with van der Waals surface area (Å²) < 4.78 is 31.0. The van der Waals surface area contributed by atoms with Crippen LogP contribution < -0.4 is 10.1 Å². The molecule has 1 amide bonds. The number of ether oxygens (including phenoxy) is 1. The van der Waals surface area contributed by atoms with Crippen LogP contribution in [0.5, 0.6) is 5.75 Å². The maximum absolute atomic E-state index is 13.2. The summed E-state index contributed by atoms with van der Waals surface area (Å²) in [4.78, 5) is 11.4. The molecule has 20 heavy (non-hydrogen) atoms. The van der Waals surface area contributed by atoms with Crippen LogP contribution in [-0.4, -0.2) is 30.8 Å². The van der Waals surface area contributed by atoms with Gasteiger partial charge in [0.2, 0.25) is 5.91 Å². The fourth-order valence-corrected chi connectivity index (χ4v) is 1.45. The van der Waals surface area contributed by atoms with Gasteiger partial charge in [0.15, 0.2) is 11.6 Å². The third-order valence-electron chi connectivity index (χ3n) is 2.66. The van der Waals surface area contributed by atoms with E-state index in [4.69, 9.17) is 9.84 Å². The van der Waals surface area contributed by atoms with Gasteiger partial charge in [0, 0.05) is 25.6 Å². The number of aliphatic hydroxyl groups excluding tert-OH is 1. The van der Waals surface area contributed by atoms with Crippen molar-refractivity contribution >= 4 is 5.91 Å². The Kier molecular flexibility index (Phi) is 6.93. The number of benzene rings is 1. The van der Waals surface area contributed by atoms with Crippen molar-refractivity contribution in [2.24, 2.45) is 5.92 Å². The lowest BCUT2D eigenvalue weighted by Crippen LogP contribution is -2.29. The summed E-state index contributed by atoms with van der Waals surface area (Å²) in [6.45, 7) is 2.43. The normalized spacial score (nSPS) is 12.0. The van der Waals surface area contributed by atoms with E-state index in [0.717, 1.165) is 12.1 Å². The molecule has 1 unspecified atom stereocenters. The van der Waals surface area contributed by atoms with Crippen LogP contribution in [0.15, 0.2) is 18.2 Å². The van der Waals surface area contributed by atoms with Gasteiger partial charge in [0.1, 0.15) is 5.82 Å². The molecule has 0 aromatic heterocycles. The van der Waals surface area contributed by atoms with Crippen molar-refractivity contribution in [3.63, 3.8) is 0 Å². The van der Waals surface area contributed by atoms with Crippen molar-refractivity contribution in [3.8, 4) is 5.75 Å². The van der Waals surface area contributed by atoms with Crippen molar-refractivity contribution in [2.45, 2.75) is 19.8 Å². The van der Waals surface area contributed by atoms with Crippen molar-refractivity contribution in [3.05, 3.63) is 29.8 Å². The van der Waals surface area contributed by atoms with Gasteiger partial charge in [-0.25, -0.2) is 8.78 Å². The zero-order valence-corrected chi connectivity index (χ0v) is 11.4. The molecule has 1 aromatic carbocycles. The van der Waals surface area contributed by atoms with Crippen LogP contribution in [0, 0.1) is 17.6 Å². The number of carbonyl (C=O) groups excluding carboxylic acids is 1. The molecule has 0 saturated heterocycles. The van der Waals surface area contributed by atoms with Crippen LogP contribution in [0.1, 0.15) is 19.8 Å². The lowest BCUT2D eigenvalue weighted by atomic mass is 10.2. The summed E-state index contributed by atoms with van der Waals surface area (Å²) >= 11 is 0. The van der Waals surface area contributed by atoms with Crippen molar-refractivity contribution in [1.82, 2.24) is 5.32 Å².